The predicted molar refractivity (Wildman–Crippen MR) is 81.2 cm³/mol. The van der Waals surface area contributed by atoms with Crippen LogP contribution >= 0.6 is 23.1 Å². The number of nitrogens with two attached hydrogens (primary N) is 1. The molecule has 98 valence electrons. The minimum Gasteiger partial charge on any atom is -0.329 e. The third kappa shape index (κ3) is 3.71. The van der Waals surface area contributed by atoms with E-state index >= 15 is 0 Å². The largest absolute Gasteiger partial charge is 0.329 e. The van der Waals surface area contributed by atoms with Gasteiger partial charge in [-0.15, -0.1) is 11.3 Å². The first-order chi connectivity index (χ1) is 8.01. The standard InChI is InChI=1S/C13H24N2S2/c1-9(8-16-5)15(4)13(7-14)12-6-10(2)17-11(12)3/h6,9,13H,7-8,14H2,1-5H3. The molecule has 1 aromatic heterocycles. The molecule has 0 aliphatic heterocycles. The fourth-order valence-corrected chi connectivity index (χ4v) is 3.86. The van der Waals surface area contributed by atoms with E-state index < -0.39 is 0 Å². The second kappa shape index (κ2) is 6.78. The van der Waals surface area contributed by atoms with E-state index in [4.69, 9.17) is 5.73 Å². The summed E-state index contributed by atoms with van der Waals surface area (Å²) in [6, 6.07) is 3.19. The van der Waals surface area contributed by atoms with Crippen molar-refractivity contribution in [1.29, 1.82) is 0 Å². The second-order valence-electron chi connectivity index (χ2n) is 4.59. The van der Waals surface area contributed by atoms with Gasteiger partial charge in [0.25, 0.3) is 0 Å². The van der Waals surface area contributed by atoms with Crippen molar-refractivity contribution in [2.45, 2.75) is 32.9 Å². The number of thioether (sulfide) groups is 1. The number of rotatable bonds is 6. The molecule has 2 N–H and O–H groups in total. The van der Waals surface area contributed by atoms with Crippen molar-refractivity contribution >= 4 is 23.1 Å². The minimum absolute atomic E-state index is 0.349. The number of nitrogens with zero attached hydrogens (tertiary/aromatic N) is 1. The molecule has 0 amide bonds. The summed E-state index contributed by atoms with van der Waals surface area (Å²) in [4.78, 5) is 5.19. The maximum absolute atomic E-state index is 5.97. The minimum atomic E-state index is 0.349. The Morgan fingerprint density at radius 1 is 1.47 bits per heavy atom. The van der Waals surface area contributed by atoms with Gasteiger partial charge in [-0.25, -0.2) is 0 Å². The third-order valence-electron chi connectivity index (χ3n) is 3.26. The lowest BCUT2D eigenvalue weighted by molar-refractivity contribution is 0.204. The molecule has 2 unspecified atom stereocenters. The van der Waals surface area contributed by atoms with Crippen LogP contribution in [0.25, 0.3) is 0 Å². The average molecular weight is 272 g/mol. The molecule has 1 heterocycles. The number of hydrogen-bond acceptors (Lipinski definition) is 4. The van der Waals surface area contributed by atoms with Crippen LogP contribution < -0.4 is 5.73 Å². The summed E-state index contributed by atoms with van der Waals surface area (Å²) in [6.07, 6.45) is 2.15. The van der Waals surface area contributed by atoms with Crippen LogP contribution in [0.2, 0.25) is 0 Å². The Hall–Kier alpha value is -0.0300. The Labute approximate surface area is 114 Å². The zero-order chi connectivity index (χ0) is 13.0. The normalized spacial score (nSPS) is 15.2. The highest BCUT2D eigenvalue weighted by Gasteiger charge is 2.22. The van der Waals surface area contributed by atoms with Gasteiger partial charge in [0.15, 0.2) is 0 Å². The summed E-state index contributed by atoms with van der Waals surface area (Å²) in [6.45, 7) is 7.32. The van der Waals surface area contributed by atoms with Gasteiger partial charge >= 0.3 is 0 Å². The third-order valence-corrected chi connectivity index (χ3v) is 5.05. The average Bonchev–Trinajstić information content (AvgIpc) is 2.59. The predicted octanol–water partition coefficient (Wildman–Crippen LogP) is 3.05. The SMILES string of the molecule is CSCC(C)N(C)C(CN)c1cc(C)sc1C. The first-order valence-electron chi connectivity index (χ1n) is 5.99. The second-order valence-corrected chi connectivity index (χ2v) is 6.96. The summed E-state index contributed by atoms with van der Waals surface area (Å²) in [5.41, 5.74) is 7.38. The van der Waals surface area contributed by atoms with Gasteiger partial charge in [0, 0.05) is 34.1 Å². The van der Waals surface area contributed by atoms with Crippen molar-refractivity contribution in [3.63, 3.8) is 0 Å². The quantitative estimate of drug-likeness (QED) is 0.863. The molecule has 0 aliphatic carbocycles. The summed E-state index contributed by atoms with van der Waals surface area (Å²) in [7, 11) is 2.19. The fraction of sp³-hybridized carbons (Fsp3) is 0.692. The van der Waals surface area contributed by atoms with Crippen molar-refractivity contribution < 1.29 is 0 Å². The highest BCUT2D eigenvalue weighted by Crippen LogP contribution is 2.30. The number of hydrogen-bond donors (Lipinski definition) is 1. The molecule has 0 saturated carbocycles. The molecule has 1 aromatic rings. The van der Waals surface area contributed by atoms with E-state index in [1.54, 1.807) is 0 Å². The van der Waals surface area contributed by atoms with Crippen LogP contribution in [0.3, 0.4) is 0 Å². The highest BCUT2D eigenvalue weighted by molar-refractivity contribution is 7.98. The Kier molecular flexibility index (Phi) is 6.00. The fourth-order valence-electron chi connectivity index (χ4n) is 2.16. The first kappa shape index (κ1) is 15.0. The molecule has 2 atom stereocenters. The van der Waals surface area contributed by atoms with Gasteiger partial charge in [-0.3, -0.25) is 4.90 Å². The van der Waals surface area contributed by atoms with Crippen LogP contribution in [0.1, 0.15) is 28.3 Å². The molecule has 0 aromatic carbocycles. The van der Waals surface area contributed by atoms with Crippen LogP contribution in [0.4, 0.5) is 0 Å². The molecule has 0 fully saturated rings. The monoisotopic (exact) mass is 272 g/mol. The lowest BCUT2D eigenvalue weighted by Gasteiger charge is -2.32. The summed E-state index contributed by atoms with van der Waals surface area (Å²) >= 11 is 3.76. The van der Waals surface area contributed by atoms with Gasteiger partial charge in [-0.05, 0) is 45.7 Å². The van der Waals surface area contributed by atoms with Gasteiger partial charge < -0.3 is 5.73 Å². The molecule has 0 spiro atoms. The van der Waals surface area contributed by atoms with E-state index in [-0.39, 0.29) is 0 Å². The van der Waals surface area contributed by atoms with Crippen molar-refractivity contribution in [2.24, 2.45) is 5.73 Å². The molecule has 0 bridgehead atoms. The summed E-state index contributed by atoms with van der Waals surface area (Å²) in [5.74, 6) is 1.15. The lowest BCUT2D eigenvalue weighted by Crippen LogP contribution is -2.38. The molecule has 0 aliphatic rings. The Bertz CT molecular complexity index is 349. The van der Waals surface area contributed by atoms with E-state index in [0.29, 0.717) is 18.6 Å². The maximum atomic E-state index is 5.97. The highest BCUT2D eigenvalue weighted by atomic mass is 32.2. The summed E-state index contributed by atoms with van der Waals surface area (Å²) in [5, 5.41) is 0. The van der Waals surface area contributed by atoms with E-state index in [1.165, 1.54) is 15.3 Å². The topological polar surface area (TPSA) is 29.3 Å². The first-order valence-corrected chi connectivity index (χ1v) is 8.20. The molecule has 2 nitrogen and oxygen atoms in total. The number of likely N-dealkylation sites (N-methyl/N-ethyl adjacent to an activating group) is 1. The van der Waals surface area contributed by atoms with Crippen LogP contribution in [0.5, 0.6) is 0 Å². The summed E-state index contributed by atoms with van der Waals surface area (Å²) < 4.78 is 0. The van der Waals surface area contributed by atoms with Crippen LogP contribution in [-0.4, -0.2) is 36.5 Å². The molecule has 0 radical (unpaired) electrons. The Balaban J connectivity index is 2.87. The zero-order valence-electron chi connectivity index (χ0n) is 11.5. The van der Waals surface area contributed by atoms with Gasteiger partial charge in [0.1, 0.15) is 0 Å². The van der Waals surface area contributed by atoms with Crippen molar-refractivity contribution in [2.75, 3.05) is 25.6 Å². The van der Waals surface area contributed by atoms with Crippen LogP contribution in [0.15, 0.2) is 6.07 Å². The van der Waals surface area contributed by atoms with Gasteiger partial charge in [-0.2, -0.15) is 11.8 Å². The van der Waals surface area contributed by atoms with Crippen LogP contribution in [0, 0.1) is 13.8 Å². The lowest BCUT2D eigenvalue weighted by atomic mass is 10.1. The van der Waals surface area contributed by atoms with Gasteiger partial charge in [0.2, 0.25) is 0 Å². The molecule has 4 heteroatoms. The molecular weight excluding hydrogens is 248 g/mol. The van der Waals surface area contributed by atoms with Gasteiger partial charge in [0.05, 0.1) is 0 Å². The smallest absolute Gasteiger partial charge is 0.0481 e. The maximum Gasteiger partial charge on any atom is 0.0481 e. The molecule has 1 rings (SSSR count). The van der Waals surface area contributed by atoms with E-state index in [9.17, 15) is 0 Å². The van der Waals surface area contributed by atoms with E-state index in [1.807, 2.05) is 23.1 Å². The van der Waals surface area contributed by atoms with E-state index in [0.717, 1.165) is 5.75 Å². The zero-order valence-corrected chi connectivity index (χ0v) is 13.1. The van der Waals surface area contributed by atoms with Crippen molar-refractivity contribution in [3.05, 3.63) is 21.4 Å². The Morgan fingerprint density at radius 3 is 2.53 bits per heavy atom. The molecule has 17 heavy (non-hydrogen) atoms. The molecule has 0 saturated heterocycles. The van der Waals surface area contributed by atoms with Crippen LogP contribution in [-0.2, 0) is 0 Å². The number of thiophene rings is 1. The van der Waals surface area contributed by atoms with Gasteiger partial charge in [-0.1, -0.05) is 0 Å². The molecular formula is C13H24N2S2. The van der Waals surface area contributed by atoms with Crippen molar-refractivity contribution in [1.82, 2.24) is 4.90 Å². The Morgan fingerprint density at radius 2 is 2.12 bits per heavy atom. The van der Waals surface area contributed by atoms with E-state index in [2.05, 4.69) is 45.0 Å². The van der Waals surface area contributed by atoms with Crippen molar-refractivity contribution in [3.8, 4) is 0 Å². The number of aryl methyl sites for hydroxylation is 2.